The maximum Gasteiger partial charge on any atom is 0.335 e. The van der Waals surface area contributed by atoms with Gasteiger partial charge in [-0.2, -0.15) is 0 Å². The van der Waals surface area contributed by atoms with Crippen molar-refractivity contribution in [3.05, 3.63) is 78.4 Å². The second kappa shape index (κ2) is 7.72. The lowest BCUT2D eigenvalue weighted by atomic mass is 10.00. The number of hydrogen-bond donors (Lipinski definition) is 2. The van der Waals surface area contributed by atoms with E-state index in [1.807, 2.05) is 37.3 Å². The van der Waals surface area contributed by atoms with E-state index in [0.717, 1.165) is 16.2 Å². The molecule has 5 nitrogen and oxygen atoms in total. The minimum Gasteiger partial charge on any atom is -0.504 e. The SMILES string of the molecule is CCC(Oc1ccccc1O)Oc1c2ccccc2cc2ccc(C(=O)O)cc12. The maximum absolute atomic E-state index is 11.5. The summed E-state index contributed by atoms with van der Waals surface area (Å²) < 4.78 is 12.1. The molecule has 5 heteroatoms. The number of rotatable bonds is 6. The lowest BCUT2D eigenvalue weighted by Crippen LogP contribution is -2.23. The van der Waals surface area contributed by atoms with Gasteiger partial charge in [0, 0.05) is 17.2 Å². The Labute approximate surface area is 167 Å². The molecule has 4 aromatic rings. The van der Waals surface area contributed by atoms with Gasteiger partial charge in [-0.25, -0.2) is 4.79 Å². The van der Waals surface area contributed by atoms with Crippen LogP contribution in [-0.2, 0) is 0 Å². The van der Waals surface area contributed by atoms with Gasteiger partial charge in [0.2, 0.25) is 6.29 Å². The Balaban J connectivity index is 1.83. The number of benzene rings is 4. The molecular weight excluding hydrogens is 368 g/mol. The first-order chi connectivity index (χ1) is 14.1. The Bertz CT molecular complexity index is 1200. The third-order valence-electron chi connectivity index (χ3n) is 4.77. The molecule has 29 heavy (non-hydrogen) atoms. The van der Waals surface area contributed by atoms with Crippen molar-refractivity contribution in [1.29, 1.82) is 0 Å². The van der Waals surface area contributed by atoms with E-state index in [1.54, 1.807) is 42.5 Å². The predicted molar refractivity (Wildman–Crippen MR) is 112 cm³/mol. The fourth-order valence-electron chi connectivity index (χ4n) is 3.30. The summed E-state index contributed by atoms with van der Waals surface area (Å²) in [6.45, 7) is 1.92. The average molecular weight is 388 g/mol. The molecule has 0 saturated carbocycles. The molecule has 0 fully saturated rings. The first-order valence-electron chi connectivity index (χ1n) is 9.37. The Morgan fingerprint density at radius 3 is 2.38 bits per heavy atom. The van der Waals surface area contributed by atoms with Crippen molar-refractivity contribution in [2.45, 2.75) is 19.6 Å². The van der Waals surface area contributed by atoms with Crippen molar-refractivity contribution in [3.8, 4) is 17.2 Å². The third-order valence-corrected chi connectivity index (χ3v) is 4.77. The Morgan fingerprint density at radius 2 is 1.62 bits per heavy atom. The van der Waals surface area contributed by atoms with Crippen LogP contribution >= 0.6 is 0 Å². The Morgan fingerprint density at radius 1 is 0.897 bits per heavy atom. The lowest BCUT2D eigenvalue weighted by Gasteiger charge is -2.22. The van der Waals surface area contributed by atoms with Gasteiger partial charge < -0.3 is 19.7 Å². The zero-order valence-corrected chi connectivity index (χ0v) is 15.8. The molecule has 2 N–H and O–H groups in total. The molecule has 0 aliphatic rings. The van der Waals surface area contributed by atoms with Gasteiger partial charge >= 0.3 is 5.97 Å². The van der Waals surface area contributed by atoms with Crippen molar-refractivity contribution in [1.82, 2.24) is 0 Å². The molecule has 0 bridgehead atoms. The molecule has 0 radical (unpaired) electrons. The number of hydrogen-bond acceptors (Lipinski definition) is 4. The van der Waals surface area contributed by atoms with E-state index in [1.165, 1.54) is 0 Å². The largest absolute Gasteiger partial charge is 0.504 e. The van der Waals surface area contributed by atoms with Crippen molar-refractivity contribution in [2.75, 3.05) is 0 Å². The van der Waals surface area contributed by atoms with Crippen LogP contribution in [0.5, 0.6) is 17.2 Å². The van der Waals surface area contributed by atoms with Crippen molar-refractivity contribution >= 4 is 27.5 Å². The summed E-state index contributed by atoms with van der Waals surface area (Å²) in [5, 5.41) is 22.8. The number of carbonyl (C=O) groups is 1. The zero-order valence-electron chi connectivity index (χ0n) is 15.8. The van der Waals surface area contributed by atoms with Crippen molar-refractivity contribution < 1.29 is 24.5 Å². The second-order valence-corrected chi connectivity index (χ2v) is 6.71. The first-order valence-corrected chi connectivity index (χ1v) is 9.37. The summed E-state index contributed by atoms with van der Waals surface area (Å²) in [6.07, 6.45) is -0.136. The maximum atomic E-state index is 11.5. The lowest BCUT2D eigenvalue weighted by molar-refractivity contribution is 0.00380. The third kappa shape index (κ3) is 3.67. The smallest absolute Gasteiger partial charge is 0.335 e. The molecule has 0 spiro atoms. The summed E-state index contributed by atoms with van der Waals surface area (Å²) in [4.78, 5) is 11.5. The molecule has 146 valence electrons. The summed E-state index contributed by atoms with van der Waals surface area (Å²) >= 11 is 0. The van der Waals surface area contributed by atoms with Crippen LogP contribution in [0.2, 0.25) is 0 Å². The van der Waals surface area contributed by atoms with Gasteiger partial charge in [0.05, 0.1) is 5.56 Å². The van der Waals surface area contributed by atoms with E-state index < -0.39 is 12.3 Å². The molecule has 0 aliphatic carbocycles. The fourth-order valence-corrected chi connectivity index (χ4v) is 3.30. The predicted octanol–water partition coefficient (Wildman–Crippen LogP) is 5.59. The van der Waals surface area contributed by atoms with E-state index in [2.05, 4.69) is 0 Å². The highest BCUT2D eigenvalue weighted by molar-refractivity contribution is 6.07. The number of ether oxygens (including phenoxy) is 2. The van der Waals surface area contributed by atoms with Crippen LogP contribution in [0.25, 0.3) is 21.5 Å². The van der Waals surface area contributed by atoms with E-state index in [0.29, 0.717) is 23.3 Å². The average Bonchev–Trinajstić information content (AvgIpc) is 2.73. The van der Waals surface area contributed by atoms with Gasteiger partial charge in [0.25, 0.3) is 0 Å². The number of carboxylic acids is 1. The molecule has 4 aromatic carbocycles. The molecule has 0 aliphatic heterocycles. The molecular formula is C24H20O5. The highest BCUT2D eigenvalue weighted by Gasteiger charge is 2.18. The zero-order chi connectivity index (χ0) is 20.4. The number of fused-ring (bicyclic) bond motifs is 2. The number of phenols is 1. The van der Waals surface area contributed by atoms with Crippen LogP contribution in [0.4, 0.5) is 0 Å². The monoisotopic (exact) mass is 388 g/mol. The number of carboxylic acid groups (broad SMARTS) is 1. The van der Waals surface area contributed by atoms with Gasteiger partial charge in [-0.1, -0.05) is 49.4 Å². The van der Waals surface area contributed by atoms with E-state index in [9.17, 15) is 15.0 Å². The van der Waals surface area contributed by atoms with Gasteiger partial charge in [-0.15, -0.1) is 0 Å². The molecule has 1 unspecified atom stereocenters. The first kappa shape index (κ1) is 18.6. The topological polar surface area (TPSA) is 76.0 Å². The fraction of sp³-hybridized carbons (Fsp3) is 0.125. The van der Waals surface area contributed by atoms with Crippen LogP contribution in [-0.4, -0.2) is 22.5 Å². The molecule has 4 rings (SSSR count). The van der Waals surface area contributed by atoms with E-state index in [-0.39, 0.29) is 11.3 Å². The summed E-state index contributed by atoms with van der Waals surface area (Å²) in [6, 6.07) is 21.5. The number of aromatic hydroxyl groups is 1. The molecule has 0 amide bonds. The number of phenolic OH excluding ortho intramolecular Hbond substituents is 1. The van der Waals surface area contributed by atoms with Crippen LogP contribution in [0, 0.1) is 0 Å². The highest BCUT2D eigenvalue weighted by atomic mass is 16.7. The van der Waals surface area contributed by atoms with Crippen LogP contribution in [0.1, 0.15) is 23.7 Å². The Kier molecular flexibility index (Phi) is 4.96. The highest BCUT2D eigenvalue weighted by Crippen LogP contribution is 2.37. The molecule has 1 atom stereocenters. The van der Waals surface area contributed by atoms with Crippen molar-refractivity contribution in [2.24, 2.45) is 0 Å². The number of para-hydroxylation sites is 2. The molecule has 0 heterocycles. The van der Waals surface area contributed by atoms with Gasteiger partial charge in [0.1, 0.15) is 5.75 Å². The second-order valence-electron chi connectivity index (χ2n) is 6.71. The van der Waals surface area contributed by atoms with Gasteiger partial charge in [0.15, 0.2) is 11.5 Å². The van der Waals surface area contributed by atoms with Crippen LogP contribution < -0.4 is 9.47 Å². The normalized spacial score (nSPS) is 12.0. The van der Waals surface area contributed by atoms with E-state index in [4.69, 9.17) is 9.47 Å². The summed E-state index contributed by atoms with van der Waals surface area (Å²) in [5.41, 5.74) is 0.187. The van der Waals surface area contributed by atoms with Crippen molar-refractivity contribution in [3.63, 3.8) is 0 Å². The number of aromatic carboxylic acids is 1. The molecule has 0 saturated heterocycles. The van der Waals surface area contributed by atoms with Gasteiger partial charge in [-0.05, 0) is 41.1 Å². The minimum absolute atomic E-state index is 0.0329. The van der Waals surface area contributed by atoms with Crippen LogP contribution in [0.15, 0.2) is 72.8 Å². The van der Waals surface area contributed by atoms with Crippen LogP contribution in [0.3, 0.4) is 0 Å². The quantitative estimate of drug-likeness (QED) is 0.333. The van der Waals surface area contributed by atoms with Gasteiger partial charge in [-0.3, -0.25) is 0 Å². The van der Waals surface area contributed by atoms with E-state index >= 15 is 0 Å². The Hall–Kier alpha value is -3.73. The summed E-state index contributed by atoms with van der Waals surface area (Å²) in [5.74, 6) is -0.0763. The minimum atomic E-state index is -0.997. The standard InChI is InChI=1S/C24H20O5/c1-2-22(28-21-10-6-5-9-20(21)25)29-23-18-8-4-3-7-15(18)13-16-11-12-17(24(26)27)14-19(16)23/h3-14,22,25H,2H2,1H3,(H,26,27). The summed E-state index contributed by atoms with van der Waals surface area (Å²) in [7, 11) is 0. The molecule has 0 aromatic heterocycles.